The highest BCUT2D eigenvalue weighted by atomic mass is 19.1. The first-order chi connectivity index (χ1) is 4.34. The van der Waals surface area contributed by atoms with E-state index in [0.29, 0.717) is 6.42 Å². The highest BCUT2D eigenvalue weighted by molar-refractivity contribution is 4.80. The Balaban J connectivity index is 2.24. The van der Waals surface area contributed by atoms with Crippen LogP contribution in [0.3, 0.4) is 0 Å². The molecule has 0 bridgehead atoms. The molecule has 1 aliphatic heterocycles. The van der Waals surface area contributed by atoms with Crippen LogP contribution < -0.4 is 5.32 Å². The molecule has 1 saturated heterocycles. The zero-order valence-corrected chi connectivity index (χ0v) is 5.86. The molecular formula is C7H14FN. The Hall–Kier alpha value is -0.110. The molecular weight excluding hydrogens is 117 g/mol. The molecule has 1 rings (SSSR count). The molecule has 1 fully saturated rings. The van der Waals surface area contributed by atoms with Crippen LogP contribution in [-0.4, -0.2) is 18.8 Å². The van der Waals surface area contributed by atoms with Gasteiger partial charge in [-0.1, -0.05) is 6.92 Å². The van der Waals surface area contributed by atoms with E-state index in [0.717, 1.165) is 19.4 Å². The number of hydrogen-bond acceptors (Lipinski definition) is 1. The predicted octanol–water partition coefficient (Wildman–Crippen LogP) is 1.49. The summed E-state index contributed by atoms with van der Waals surface area (Å²) in [6.45, 7) is 2.90. The van der Waals surface area contributed by atoms with Gasteiger partial charge in [-0.3, -0.25) is 0 Å². The van der Waals surface area contributed by atoms with Gasteiger partial charge in [0.05, 0.1) is 0 Å². The van der Waals surface area contributed by atoms with Crippen molar-refractivity contribution in [3.8, 4) is 0 Å². The van der Waals surface area contributed by atoms with E-state index in [1.54, 1.807) is 0 Å². The number of nitrogens with one attached hydrogen (secondary N) is 1. The van der Waals surface area contributed by atoms with Crippen molar-refractivity contribution in [1.82, 2.24) is 5.32 Å². The van der Waals surface area contributed by atoms with E-state index in [2.05, 4.69) is 5.32 Å². The average molecular weight is 131 g/mol. The molecule has 0 spiro atoms. The third kappa shape index (κ3) is 1.65. The minimum absolute atomic E-state index is 0.162. The van der Waals surface area contributed by atoms with Crippen molar-refractivity contribution in [2.24, 2.45) is 0 Å². The van der Waals surface area contributed by atoms with Crippen molar-refractivity contribution in [2.75, 3.05) is 6.54 Å². The molecule has 54 valence electrons. The SMILES string of the molecule is CC[C@H](F)[C@H]1CCCN1. The van der Waals surface area contributed by atoms with Crippen LogP contribution in [0.25, 0.3) is 0 Å². The van der Waals surface area contributed by atoms with E-state index < -0.39 is 6.17 Å². The summed E-state index contributed by atoms with van der Waals surface area (Å²) in [6.07, 6.45) is 2.20. The van der Waals surface area contributed by atoms with E-state index >= 15 is 0 Å². The molecule has 0 aromatic heterocycles. The lowest BCUT2D eigenvalue weighted by atomic mass is 10.1. The van der Waals surface area contributed by atoms with Crippen molar-refractivity contribution < 1.29 is 4.39 Å². The van der Waals surface area contributed by atoms with Crippen LogP contribution in [0.15, 0.2) is 0 Å². The second kappa shape index (κ2) is 3.16. The summed E-state index contributed by atoms with van der Waals surface area (Å²) >= 11 is 0. The summed E-state index contributed by atoms with van der Waals surface area (Å²) in [5.41, 5.74) is 0. The van der Waals surface area contributed by atoms with Gasteiger partial charge in [0.2, 0.25) is 0 Å². The van der Waals surface area contributed by atoms with E-state index in [1.165, 1.54) is 0 Å². The third-order valence-electron chi connectivity index (χ3n) is 1.93. The molecule has 0 radical (unpaired) electrons. The molecule has 1 heterocycles. The smallest absolute Gasteiger partial charge is 0.115 e. The molecule has 1 aliphatic rings. The fourth-order valence-electron chi connectivity index (χ4n) is 1.30. The van der Waals surface area contributed by atoms with Gasteiger partial charge < -0.3 is 5.32 Å². The fraction of sp³-hybridized carbons (Fsp3) is 1.00. The highest BCUT2D eigenvalue weighted by Gasteiger charge is 2.21. The fourth-order valence-corrected chi connectivity index (χ4v) is 1.30. The molecule has 0 aliphatic carbocycles. The van der Waals surface area contributed by atoms with E-state index in [-0.39, 0.29) is 6.04 Å². The molecule has 2 heteroatoms. The summed E-state index contributed by atoms with van der Waals surface area (Å²) < 4.78 is 12.8. The Morgan fingerprint density at radius 1 is 1.78 bits per heavy atom. The van der Waals surface area contributed by atoms with Crippen molar-refractivity contribution in [3.63, 3.8) is 0 Å². The monoisotopic (exact) mass is 131 g/mol. The Labute approximate surface area is 55.6 Å². The first-order valence-corrected chi connectivity index (χ1v) is 3.72. The van der Waals surface area contributed by atoms with Gasteiger partial charge in [-0.25, -0.2) is 4.39 Å². The summed E-state index contributed by atoms with van der Waals surface area (Å²) in [5.74, 6) is 0. The van der Waals surface area contributed by atoms with Crippen molar-refractivity contribution in [1.29, 1.82) is 0 Å². The Kier molecular flexibility index (Phi) is 2.46. The molecule has 0 saturated carbocycles. The van der Waals surface area contributed by atoms with Crippen LogP contribution >= 0.6 is 0 Å². The number of hydrogen-bond donors (Lipinski definition) is 1. The largest absolute Gasteiger partial charge is 0.311 e. The second-order valence-corrected chi connectivity index (χ2v) is 2.63. The molecule has 0 amide bonds. The average Bonchev–Trinajstić information content (AvgIpc) is 2.37. The molecule has 0 unspecified atom stereocenters. The minimum Gasteiger partial charge on any atom is -0.311 e. The van der Waals surface area contributed by atoms with Gasteiger partial charge in [0, 0.05) is 6.04 Å². The van der Waals surface area contributed by atoms with Crippen molar-refractivity contribution in [2.45, 2.75) is 38.4 Å². The maximum atomic E-state index is 12.8. The maximum absolute atomic E-state index is 12.8. The van der Waals surface area contributed by atoms with Crippen LogP contribution in [0.1, 0.15) is 26.2 Å². The summed E-state index contributed by atoms with van der Waals surface area (Å²) in [6, 6.07) is 0.162. The van der Waals surface area contributed by atoms with Crippen LogP contribution in [0, 0.1) is 0 Å². The standard InChI is InChI=1S/C7H14FN/c1-2-6(8)7-4-3-5-9-7/h6-7,9H,2-5H2,1H3/t6-,7+/m0/s1. The van der Waals surface area contributed by atoms with Gasteiger partial charge in [-0.15, -0.1) is 0 Å². The number of halogens is 1. The first kappa shape index (κ1) is 7.00. The first-order valence-electron chi connectivity index (χ1n) is 3.72. The van der Waals surface area contributed by atoms with E-state index in [1.807, 2.05) is 6.92 Å². The van der Waals surface area contributed by atoms with E-state index in [4.69, 9.17) is 0 Å². The Bertz CT molecular complexity index is 79.0. The summed E-state index contributed by atoms with van der Waals surface area (Å²) in [5, 5.41) is 3.13. The lowest BCUT2D eigenvalue weighted by Gasteiger charge is -2.12. The van der Waals surface area contributed by atoms with Gasteiger partial charge in [0.1, 0.15) is 6.17 Å². The second-order valence-electron chi connectivity index (χ2n) is 2.63. The molecule has 0 aromatic rings. The van der Waals surface area contributed by atoms with Crippen LogP contribution in [-0.2, 0) is 0 Å². The van der Waals surface area contributed by atoms with Gasteiger partial charge in [-0.2, -0.15) is 0 Å². The third-order valence-corrected chi connectivity index (χ3v) is 1.93. The van der Waals surface area contributed by atoms with E-state index in [9.17, 15) is 4.39 Å². The normalized spacial score (nSPS) is 30.7. The zero-order chi connectivity index (χ0) is 6.69. The van der Waals surface area contributed by atoms with Crippen LogP contribution in [0.2, 0.25) is 0 Å². The summed E-state index contributed by atoms with van der Waals surface area (Å²) in [7, 11) is 0. The summed E-state index contributed by atoms with van der Waals surface area (Å²) in [4.78, 5) is 0. The Morgan fingerprint density at radius 3 is 3.00 bits per heavy atom. The minimum atomic E-state index is -0.618. The highest BCUT2D eigenvalue weighted by Crippen LogP contribution is 2.13. The predicted molar refractivity (Wildman–Crippen MR) is 36.2 cm³/mol. The lowest BCUT2D eigenvalue weighted by molar-refractivity contribution is 0.258. The molecule has 9 heavy (non-hydrogen) atoms. The van der Waals surface area contributed by atoms with Crippen LogP contribution in [0.5, 0.6) is 0 Å². The van der Waals surface area contributed by atoms with Gasteiger partial charge in [0.25, 0.3) is 0 Å². The topological polar surface area (TPSA) is 12.0 Å². The lowest BCUT2D eigenvalue weighted by Crippen LogP contribution is -2.31. The van der Waals surface area contributed by atoms with Crippen LogP contribution in [0.4, 0.5) is 4.39 Å². The molecule has 1 N–H and O–H groups in total. The number of rotatable bonds is 2. The van der Waals surface area contributed by atoms with Gasteiger partial charge in [-0.05, 0) is 25.8 Å². The molecule has 0 aromatic carbocycles. The number of alkyl halides is 1. The molecule has 1 nitrogen and oxygen atoms in total. The maximum Gasteiger partial charge on any atom is 0.115 e. The molecule has 2 atom stereocenters. The van der Waals surface area contributed by atoms with Crippen molar-refractivity contribution >= 4 is 0 Å². The van der Waals surface area contributed by atoms with Gasteiger partial charge >= 0.3 is 0 Å². The quantitative estimate of drug-likeness (QED) is 0.598. The van der Waals surface area contributed by atoms with Crippen molar-refractivity contribution in [3.05, 3.63) is 0 Å². The van der Waals surface area contributed by atoms with Gasteiger partial charge in [0.15, 0.2) is 0 Å². The Morgan fingerprint density at radius 2 is 2.56 bits per heavy atom. The zero-order valence-electron chi connectivity index (χ0n) is 5.86.